The quantitative estimate of drug-likeness (QED) is 0.106. The fourth-order valence-electron chi connectivity index (χ4n) is 3.31. The van der Waals surface area contributed by atoms with Gasteiger partial charge < -0.3 is 14.6 Å². The Morgan fingerprint density at radius 1 is 1.00 bits per heavy atom. The van der Waals surface area contributed by atoms with Gasteiger partial charge in [0.15, 0.2) is 6.10 Å². The molecule has 0 saturated heterocycles. The number of carbonyl (C=O) groups excluding carboxylic acids is 2. The molecule has 3 rings (SSSR count). The molecule has 0 saturated carbocycles. The SMILES string of the molecule is O=C(/C=C/CC[C@H](Oc1ccccc1)[C@@H](OC(=O)Nc1ccccc1)c1cc(I)ccc1O)NO. The summed E-state index contributed by atoms with van der Waals surface area (Å²) >= 11 is 2.11. The standard InChI is InChI=1S/C26H25IN2O6/c27-18-15-16-22(30)21(17-18)25(35-26(32)28-19-9-3-1-4-10-19)23(13-7-8-14-24(31)29-33)34-20-11-5-2-6-12-20/h1-6,8-12,14-17,23,25,30,33H,7,13H2,(H,28,32)(H,29,31)/b14-8+/t23-,25-/m0/s1. The van der Waals surface area contributed by atoms with Crippen molar-refractivity contribution in [3.63, 3.8) is 0 Å². The van der Waals surface area contributed by atoms with Crippen LogP contribution in [0, 0.1) is 3.57 Å². The summed E-state index contributed by atoms with van der Waals surface area (Å²) in [4.78, 5) is 24.2. The highest BCUT2D eigenvalue weighted by Gasteiger charge is 2.31. The van der Waals surface area contributed by atoms with Crippen LogP contribution >= 0.6 is 22.6 Å². The maximum atomic E-state index is 12.8. The smallest absolute Gasteiger partial charge is 0.412 e. The second-order valence-electron chi connectivity index (χ2n) is 7.45. The Kier molecular flexibility index (Phi) is 9.93. The van der Waals surface area contributed by atoms with Gasteiger partial charge >= 0.3 is 6.09 Å². The number of para-hydroxylation sites is 2. The van der Waals surface area contributed by atoms with Crippen molar-refractivity contribution in [2.45, 2.75) is 25.0 Å². The number of nitrogens with one attached hydrogen (secondary N) is 2. The first-order chi connectivity index (χ1) is 17.0. The number of phenolic OH excluding ortho intramolecular Hbond substituents is 1. The van der Waals surface area contributed by atoms with E-state index >= 15 is 0 Å². The van der Waals surface area contributed by atoms with Crippen molar-refractivity contribution in [3.05, 3.63) is 100 Å². The van der Waals surface area contributed by atoms with E-state index in [-0.39, 0.29) is 5.75 Å². The largest absolute Gasteiger partial charge is 0.508 e. The Balaban J connectivity index is 1.91. The van der Waals surface area contributed by atoms with E-state index in [0.29, 0.717) is 29.8 Å². The van der Waals surface area contributed by atoms with Crippen LogP contribution in [0.1, 0.15) is 24.5 Å². The third kappa shape index (κ3) is 8.30. The van der Waals surface area contributed by atoms with E-state index in [4.69, 9.17) is 14.7 Å². The number of allylic oxidation sites excluding steroid dienone is 1. The Hall–Kier alpha value is -3.57. The maximum absolute atomic E-state index is 12.8. The molecule has 0 radical (unpaired) electrons. The molecule has 0 aromatic heterocycles. The number of ether oxygens (including phenoxy) is 2. The van der Waals surface area contributed by atoms with Crippen LogP contribution in [0.3, 0.4) is 0 Å². The summed E-state index contributed by atoms with van der Waals surface area (Å²) in [6, 6.07) is 22.9. The van der Waals surface area contributed by atoms with E-state index < -0.39 is 24.2 Å². The molecule has 3 aromatic carbocycles. The van der Waals surface area contributed by atoms with E-state index in [1.165, 1.54) is 17.6 Å². The minimum Gasteiger partial charge on any atom is -0.508 e. The van der Waals surface area contributed by atoms with Crippen molar-refractivity contribution in [1.82, 2.24) is 5.48 Å². The highest BCUT2D eigenvalue weighted by molar-refractivity contribution is 14.1. The second-order valence-corrected chi connectivity index (χ2v) is 8.69. The average molecular weight is 588 g/mol. The first-order valence-electron chi connectivity index (χ1n) is 10.8. The molecule has 8 nitrogen and oxygen atoms in total. The van der Waals surface area contributed by atoms with Crippen LogP contribution in [0.5, 0.6) is 11.5 Å². The van der Waals surface area contributed by atoms with Crippen LogP contribution in [0.4, 0.5) is 10.5 Å². The lowest BCUT2D eigenvalue weighted by atomic mass is 9.99. The van der Waals surface area contributed by atoms with Crippen LogP contribution in [0.2, 0.25) is 0 Å². The zero-order chi connectivity index (χ0) is 25.0. The molecule has 0 unspecified atom stereocenters. The first-order valence-corrected chi connectivity index (χ1v) is 11.9. The number of anilines is 1. The summed E-state index contributed by atoms with van der Waals surface area (Å²) in [5, 5.41) is 22.0. The maximum Gasteiger partial charge on any atom is 0.412 e. The second kappa shape index (κ2) is 13.4. The molecule has 4 N–H and O–H groups in total. The summed E-state index contributed by atoms with van der Waals surface area (Å²) < 4.78 is 12.9. The van der Waals surface area contributed by atoms with Crippen LogP contribution < -0.4 is 15.5 Å². The van der Waals surface area contributed by atoms with Gasteiger partial charge in [-0.05, 0) is 77.9 Å². The van der Waals surface area contributed by atoms with Crippen molar-refractivity contribution in [3.8, 4) is 11.5 Å². The number of benzene rings is 3. The molecule has 9 heteroatoms. The number of aromatic hydroxyl groups is 1. The molecule has 0 aliphatic heterocycles. The molecule has 2 amide bonds. The van der Waals surface area contributed by atoms with Crippen molar-refractivity contribution in [1.29, 1.82) is 0 Å². The molecule has 0 bridgehead atoms. The lowest BCUT2D eigenvalue weighted by molar-refractivity contribution is -0.124. The van der Waals surface area contributed by atoms with Gasteiger partial charge in [-0.3, -0.25) is 15.3 Å². The Morgan fingerprint density at radius 3 is 2.37 bits per heavy atom. The minimum atomic E-state index is -0.978. The van der Waals surface area contributed by atoms with Crippen LogP contribution in [0.25, 0.3) is 0 Å². The third-order valence-corrected chi connectivity index (χ3v) is 5.59. The van der Waals surface area contributed by atoms with Crippen LogP contribution in [-0.2, 0) is 9.53 Å². The van der Waals surface area contributed by atoms with Gasteiger partial charge in [-0.15, -0.1) is 0 Å². The Bertz CT molecular complexity index is 1140. The molecular weight excluding hydrogens is 563 g/mol. The fourth-order valence-corrected chi connectivity index (χ4v) is 3.83. The number of rotatable bonds is 10. The van der Waals surface area contributed by atoms with Gasteiger partial charge in [-0.1, -0.05) is 42.5 Å². The number of carbonyl (C=O) groups is 2. The van der Waals surface area contributed by atoms with Crippen molar-refractivity contribution >= 4 is 40.3 Å². The number of halogens is 1. The van der Waals surface area contributed by atoms with Gasteiger partial charge in [0.05, 0.1) is 0 Å². The highest BCUT2D eigenvalue weighted by atomic mass is 127. The first kappa shape index (κ1) is 26.0. The van der Waals surface area contributed by atoms with E-state index in [2.05, 4.69) is 27.9 Å². The number of hydrogen-bond acceptors (Lipinski definition) is 6. The molecule has 0 heterocycles. The molecule has 0 aliphatic rings. The van der Waals surface area contributed by atoms with Crippen LogP contribution in [0.15, 0.2) is 91.0 Å². The number of phenols is 1. The van der Waals surface area contributed by atoms with Gasteiger partial charge in [0.1, 0.15) is 17.6 Å². The molecule has 2 atom stereocenters. The molecule has 0 spiro atoms. The lowest BCUT2D eigenvalue weighted by Gasteiger charge is -2.28. The minimum absolute atomic E-state index is 0.0419. The number of hydrogen-bond donors (Lipinski definition) is 4. The number of amides is 2. The normalized spacial score (nSPS) is 12.5. The van der Waals surface area contributed by atoms with Gasteiger partial charge in [0.25, 0.3) is 5.91 Å². The zero-order valence-corrected chi connectivity index (χ0v) is 20.8. The van der Waals surface area contributed by atoms with E-state index in [1.807, 2.05) is 24.3 Å². The topological polar surface area (TPSA) is 117 Å². The Morgan fingerprint density at radius 2 is 1.69 bits per heavy atom. The molecule has 3 aromatic rings. The van der Waals surface area contributed by atoms with Crippen molar-refractivity contribution in [2.24, 2.45) is 0 Å². The van der Waals surface area contributed by atoms with E-state index in [1.54, 1.807) is 54.6 Å². The van der Waals surface area contributed by atoms with Gasteiger partial charge in [-0.2, -0.15) is 0 Å². The summed E-state index contributed by atoms with van der Waals surface area (Å²) in [6.07, 6.45) is 1.06. The van der Waals surface area contributed by atoms with E-state index in [0.717, 1.165) is 3.57 Å². The summed E-state index contributed by atoms with van der Waals surface area (Å²) in [7, 11) is 0. The molecule has 182 valence electrons. The van der Waals surface area contributed by atoms with Crippen LogP contribution in [-0.4, -0.2) is 28.4 Å². The van der Waals surface area contributed by atoms with Gasteiger partial charge in [0.2, 0.25) is 0 Å². The molecular formula is C26H25IN2O6. The zero-order valence-electron chi connectivity index (χ0n) is 18.6. The monoisotopic (exact) mass is 588 g/mol. The van der Waals surface area contributed by atoms with Crippen molar-refractivity contribution < 1.29 is 29.4 Å². The third-order valence-electron chi connectivity index (χ3n) is 4.92. The lowest BCUT2D eigenvalue weighted by Crippen LogP contribution is -2.31. The predicted molar refractivity (Wildman–Crippen MR) is 139 cm³/mol. The summed E-state index contributed by atoms with van der Waals surface area (Å²) in [6.45, 7) is 0. The summed E-state index contributed by atoms with van der Waals surface area (Å²) in [5.41, 5.74) is 2.48. The van der Waals surface area contributed by atoms with Crippen molar-refractivity contribution in [2.75, 3.05) is 5.32 Å². The van der Waals surface area contributed by atoms with E-state index in [9.17, 15) is 14.7 Å². The highest BCUT2D eigenvalue weighted by Crippen LogP contribution is 2.35. The molecule has 35 heavy (non-hydrogen) atoms. The summed E-state index contributed by atoms with van der Waals surface area (Å²) in [5.74, 6) is -0.146. The predicted octanol–water partition coefficient (Wildman–Crippen LogP) is 5.58. The number of hydroxylamine groups is 1. The fraction of sp³-hybridized carbons (Fsp3) is 0.154. The Labute approximate surface area is 216 Å². The average Bonchev–Trinajstić information content (AvgIpc) is 2.87. The molecule has 0 fully saturated rings. The molecule has 0 aliphatic carbocycles. The van der Waals surface area contributed by atoms with Gasteiger partial charge in [0, 0.05) is 20.9 Å². The van der Waals surface area contributed by atoms with Gasteiger partial charge in [-0.25, -0.2) is 10.3 Å².